The monoisotopic (exact) mass is 602 g/mol. The van der Waals surface area contributed by atoms with Gasteiger partial charge in [-0.25, -0.2) is 14.4 Å². The van der Waals surface area contributed by atoms with E-state index in [2.05, 4.69) is 36.8 Å². The minimum Gasteiger partial charge on any atom is -0.383 e. The first-order valence-corrected chi connectivity index (χ1v) is 15.4. The quantitative estimate of drug-likeness (QED) is 0.186. The number of methoxy groups -OCH3 is 1. The molecule has 0 spiro atoms. The van der Waals surface area contributed by atoms with Gasteiger partial charge >= 0.3 is 0 Å². The van der Waals surface area contributed by atoms with Crippen LogP contribution in [-0.2, 0) is 4.74 Å². The van der Waals surface area contributed by atoms with Crippen LogP contribution in [0.1, 0.15) is 46.6 Å². The van der Waals surface area contributed by atoms with Crippen molar-refractivity contribution >= 4 is 22.6 Å². The summed E-state index contributed by atoms with van der Waals surface area (Å²) >= 11 is 6.18. The van der Waals surface area contributed by atoms with Gasteiger partial charge in [0.15, 0.2) is 5.65 Å². The summed E-state index contributed by atoms with van der Waals surface area (Å²) in [7, 11) is 1.74. The molecule has 7 nitrogen and oxygen atoms in total. The Kier molecular flexibility index (Phi) is 11.7. The number of piperidine rings is 1. The number of ether oxygens (including phenoxy) is 1. The van der Waals surface area contributed by atoms with Crippen molar-refractivity contribution in [3.8, 4) is 33.5 Å². The topological polar surface area (TPSA) is 69.0 Å². The molecular formula is C34H40ClFN6O. The summed E-state index contributed by atoms with van der Waals surface area (Å²) in [6.45, 7) is 11.8. The molecule has 0 N–H and O–H groups in total. The van der Waals surface area contributed by atoms with Gasteiger partial charge in [-0.3, -0.25) is 9.67 Å². The van der Waals surface area contributed by atoms with Gasteiger partial charge < -0.3 is 9.64 Å². The third-order valence-corrected chi connectivity index (χ3v) is 7.55. The van der Waals surface area contributed by atoms with Gasteiger partial charge in [-0.05, 0) is 60.9 Å². The Bertz CT molecular complexity index is 1620. The molecule has 1 aromatic carbocycles. The lowest BCUT2D eigenvalue weighted by atomic mass is 9.99. The summed E-state index contributed by atoms with van der Waals surface area (Å²) in [6.07, 6.45) is 11.5. The standard InChI is InChI=1S/C30H28ClFN6O.2C2H6/c1-39-12-11-37-9-6-24(7-10-37)38-19-22(18-35-38)20-13-21(17-33-16-20)26-15-29(27-14-23(31)4-5-28(27)32)36-30-25(26)3-2-8-34-30;2*1-2/h2-5,8,13-19,24H,6-7,9-12H2,1H3;2*1-2H3. The Morgan fingerprint density at radius 1 is 0.930 bits per heavy atom. The van der Waals surface area contributed by atoms with Crippen LogP contribution in [-0.4, -0.2) is 63.0 Å². The second-order valence-corrected chi connectivity index (χ2v) is 10.2. The predicted octanol–water partition coefficient (Wildman–Crippen LogP) is 8.35. The van der Waals surface area contributed by atoms with Gasteiger partial charge in [-0.1, -0.05) is 39.3 Å². The lowest BCUT2D eigenvalue weighted by Gasteiger charge is -2.31. The van der Waals surface area contributed by atoms with Gasteiger partial charge in [0.05, 0.1) is 24.5 Å². The molecule has 1 aliphatic heterocycles. The minimum atomic E-state index is -0.392. The number of fused-ring (bicyclic) bond motifs is 1. The van der Waals surface area contributed by atoms with Gasteiger partial charge in [0.1, 0.15) is 5.82 Å². The summed E-state index contributed by atoms with van der Waals surface area (Å²) in [4.78, 5) is 16.1. The highest BCUT2D eigenvalue weighted by Crippen LogP contribution is 2.35. The number of nitrogens with zero attached hydrogens (tertiary/aromatic N) is 6. The third kappa shape index (κ3) is 7.63. The van der Waals surface area contributed by atoms with E-state index in [4.69, 9.17) is 21.4 Å². The van der Waals surface area contributed by atoms with E-state index in [0.717, 1.165) is 66.7 Å². The van der Waals surface area contributed by atoms with Crippen molar-refractivity contribution in [2.24, 2.45) is 0 Å². The number of aromatic nitrogens is 5. The molecule has 0 aliphatic carbocycles. The van der Waals surface area contributed by atoms with Gasteiger partial charge in [-0.2, -0.15) is 5.10 Å². The SMILES string of the molecule is CC.CC.COCCN1CCC(n2cc(-c3cncc(-c4cc(-c5cc(Cl)ccc5F)nc5ncccc45)c3)cn2)CC1. The summed E-state index contributed by atoms with van der Waals surface area (Å²) in [5.74, 6) is -0.392. The molecule has 1 aliphatic rings. The molecule has 0 saturated carbocycles. The molecule has 1 saturated heterocycles. The number of halogens is 2. The van der Waals surface area contributed by atoms with Crippen LogP contribution in [0.4, 0.5) is 4.39 Å². The van der Waals surface area contributed by atoms with Crippen molar-refractivity contribution in [3.63, 3.8) is 0 Å². The van der Waals surface area contributed by atoms with Crippen LogP contribution >= 0.6 is 11.6 Å². The predicted molar refractivity (Wildman–Crippen MR) is 174 cm³/mol. The summed E-state index contributed by atoms with van der Waals surface area (Å²) in [5, 5.41) is 6.00. The fraction of sp³-hybridized carbons (Fsp3) is 0.353. The van der Waals surface area contributed by atoms with Crippen LogP contribution in [0.25, 0.3) is 44.5 Å². The van der Waals surface area contributed by atoms with Crippen molar-refractivity contribution in [2.45, 2.75) is 46.6 Å². The maximum atomic E-state index is 14.8. The Labute approximate surface area is 258 Å². The van der Waals surface area contributed by atoms with Gasteiger partial charge in [0.25, 0.3) is 0 Å². The Morgan fingerprint density at radius 3 is 2.47 bits per heavy atom. The van der Waals surface area contributed by atoms with Crippen molar-refractivity contribution in [1.82, 2.24) is 29.6 Å². The maximum Gasteiger partial charge on any atom is 0.160 e. The summed E-state index contributed by atoms with van der Waals surface area (Å²) in [5.41, 5.74) is 5.04. The van der Waals surface area contributed by atoms with E-state index >= 15 is 0 Å². The molecule has 9 heteroatoms. The lowest BCUT2D eigenvalue weighted by molar-refractivity contribution is 0.119. The Morgan fingerprint density at radius 2 is 1.70 bits per heavy atom. The van der Waals surface area contributed by atoms with Crippen LogP contribution in [0.15, 0.2) is 73.4 Å². The molecule has 1 fully saturated rings. The number of likely N-dealkylation sites (tertiary alicyclic amines) is 1. The minimum absolute atomic E-state index is 0.329. The number of pyridine rings is 3. The van der Waals surface area contributed by atoms with Crippen molar-refractivity contribution in [3.05, 3.63) is 84.3 Å². The Hall–Kier alpha value is -3.72. The van der Waals surface area contributed by atoms with Crippen molar-refractivity contribution in [1.29, 1.82) is 0 Å². The molecule has 0 radical (unpaired) electrons. The normalized spacial score (nSPS) is 13.7. The van der Waals surface area contributed by atoms with E-state index in [1.165, 1.54) is 12.1 Å². The zero-order valence-electron chi connectivity index (χ0n) is 25.6. The van der Waals surface area contributed by atoms with Crippen LogP contribution in [0.3, 0.4) is 0 Å². The number of rotatable bonds is 7. The smallest absolute Gasteiger partial charge is 0.160 e. The van der Waals surface area contributed by atoms with Crippen molar-refractivity contribution < 1.29 is 9.13 Å². The molecule has 0 bridgehead atoms. The highest BCUT2D eigenvalue weighted by molar-refractivity contribution is 6.30. The second kappa shape index (κ2) is 15.7. The fourth-order valence-corrected chi connectivity index (χ4v) is 5.36. The largest absolute Gasteiger partial charge is 0.383 e. The van der Waals surface area contributed by atoms with E-state index in [1.807, 2.05) is 64.5 Å². The van der Waals surface area contributed by atoms with E-state index in [-0.39, 0.29) is 0 Å². The molecule has 226 valence electrons. The lowest BCUT2D eigenvalue weighted by Crippen LogP contribution is -2.36. The third-order valence-electron chi connectivity index (χ3n) is 7.32. The van der Waals surface area contributed by atoms with Gasteiger partial charge in [-0.15, -0.1) is 0 Å². The first-order chi connectivity index (χ1) is 21.1. The van der Waals surface area contributed by atoms with Crippen molar-refractivity contribution in [2.75, 3.05) is 33.4 Å². The highest BCUT2D eigenvalue weighted by Gasteiger charge is 2.21. The first kappa shape index (κ1) is 32.2. The van der Waals surface area contributed by atoms with Crippen LogP contribution in [0.2, 0.25) is 5.02 Å². The molecule has 5 aromatic rings. The van der Waals surface area contributed by atoms with E-state index in [9.17, 15) is 4.39 Å². The van der Waals surface area contributed by atoms with Crippen LogP contribution in [0, 0.1) is 5.82 Å². The molecule has 0 unspecified atom stereocenters. The zero-order valence-corrected chi connectivity index (χ0v) is 26.4. The summed E-state index contributed by atoms with van der Waals surface area (Å²) in [6, 6.07) is 12.6. The molecule has 4 aromatic heterocycles. The number of benzene rings is 1. The molecule has 0 amide bonds. The van der Waals surface area contributed by atoms with E-state index < -0.39 is 5.82 Å². The second-order valence-electron chi connectivity index (χ2n) is 9.79. The number of hydrogen-bond donors (Lipinski definition) is 0. The van der Waals surface area contributed by atoms with Gasteiger partial charge in [0.2, 0.25) is 0 Å². The molecular weight excluding hydrogens is 563 g/mol. The fourth-order valence-electron chi connectivity index (χ4n) is 5.19. The number of hydrogen-bond acceptors (Lipinski definition) is 6. The highest BCUT2D eigenvalue weighted by atomic mass is 35.5. The Balaban J connectivity index is 0.00000102. The van der Waals surface area contributed by atoms with E-state index in [1.54, 1.807) is 19.4 Å². The molecule has 5 heterocycles. The van der Waals surface area contributed by atoms with E-state index in [0.29, 0.717) is 28.0 Å². The van der Waals surface area contributed by atoms with Crippen LogP contribution in [0.5, 0.6) is 0 Å². The average molecular weight is 603 g/mol. The molecule has 43 heavy (non-hydrogen) atoms. The van der Waals surface area contributed by atoms with Gasteiger partial charge in [0, 0.05) is 84.2 Å². The molecule has 6 rings (SSSR count). The van der Waals surface area contributed by atoms with Crippen LogP contribution < -0.4 is 0 Å². The average Bonchev–Trinajstić information content (AvgIpc) is 3.57. The first-order valence-electron chi connectivity index (χ1n) is 15.0. The molecule has 0 atom stereocenters. The zero-order chi connectivity index (χ0) is 30.8. The maximum absolute atomic E-state index is 14.8. The summed E-state index contributed by atoms with van der Waals surface area (Å²) < 4.78 is 22.1.